The van der Waals surface area contributed by atoms with Gasteiger partial charge in [-0.1, -0.05) is 43.7 Å². The number of aromatic amines is 1. The molecule has 0 fully saturated rings. The Morgan fingerprint density at radius 3 is 2.71 bits per heavy atom. The molecule has 3 aromatic carbocycles. The maximum atomic E-state index is 12.5. The number of oxazole rings is 1. The Bertz CT molecular complexity index is 1270. The quantitative estimate of drug-likeness (QED) is 0.383. The van der Waals surface area contributed by atoms with Crippen LogP contribution in [0.4, 0.5) is 5.69 Å². The van der Waals surface area contributed by atoms with Gasteiger partial charge < -0.3 is 15.1 Å². The number of carbonyl (C=O) groups excluding carboxylic acids is 1. The van der Waals surface area contributed by atoms with E-state index in [2.05, 4.69) is 65.9 Å². The summed E-state index contributed by atoms with van der Waals surface area (Å²) >= 11 is 0. The molecule has 0 aliphatic heterocycles. The van der Waals surface area contributed by atoms with E-state index in [4.69, 9.17) is 4.42 Å². The summed E-state index contributed by atoms with van der Waals surface area (Å²) in [6.07, 6.45) is 1.92. The molecule has 160 valence electrons. The van der Waals surface area contributed by atoms with Crippen molar-refractivity contribution in [3.63, 3.8) is 0 Å². The van der Waals surface area contributed by atoms with Crippen molar-refractivity contribution in [1.82, 2.24) is 10.3 Å². The molecule has 0 saturated carbocycles. The highest BCUT2D eigenvalue weighted by Crippen LogP contribution is 2.26. The second kappa shape index (κ2) is 9.08. The van der Waals surface area contributed by atoms with Gasteiger partial charge in [0.1, 0.15) is 0 Å². The van der Waals surface area contributed by atoms with E-state index in [9.17, 15) is 9.59 Å². The van der Waals surface area contributed by atoms with E-state index in [1.807, 2.05) is 0 Å². The standard InChI is InChI=1S/C25H27N3O3/c1-3-17(12-13-26-21-10-8-16(2)19-6-4-5-7-20(19)21)15-27-24(29)18-9-11-22-23(14-18)31-25(30)28-22/h4-11,14,17,26H,3,12-13,15H2,1-2H3,(H,27,29)(H,28,30). The summed E-state index contributed by atoms with van der Waals surface area (Å²) in [5, 5.41) is 9.07. The minimum absolute atomic E-state index is 0.165. The number of benzene rings is 3. The van der Waals surface area contributed by atoms with E-state index < -0.39 is 5.76 Å². The Hall–Kier alpha value is -3.54. The second-order valence-corrected chi connectivity index (χ2v) is 7.90. The summed E-state index contributed by atoms with van der Waals surface area (Å²) in [6.45, 7) is 5.70. The minimum Gasteiger partial charge on any atom is -0.408 e. The second-order valence-electron chi connectivity index (χ2n) is 7.90. The maximum absolute atomic E-state index is 12.5. The SMILES string of the molecule is CCC(CCNc1ccc(C)c2ccccc12)CNC(=O)c1ccc2[nH]c(=O)oc2c1. The molecule has 4 aromatic rings. The number of aryl methyl sites for hydroxylation is 1. The molecule has 0 aliphatic rings. The number of carbonyl (C=O) groups is 1. The number of H-pyrrole nitrogens is 1. The van der Waals surface area contributed by atoms with Gasteiger partial charge in [0.2, 0.25) is 0 Å². The first-order chi connectivity index (χ1) is 15.0. The fraction of sp³-hybridized carbons (Fsp3) is 0.280. The first-order valence-electron chi connectivity index (χ1n) is 10.7. The molecule has 0 radical (unpaired) electrons. The van der Waals surface area contributed by atoms with Gasteiger partial charge in [-0.2, -0.15) is 0 Å². The smallest absolute Gasteiger partial charge is 0.408 e. The van der Waals surface area contributed by atoms with Crippen molar-refractivity contribution >= 4 is 33.5 Å². The monoisotopic (exact) mass is 417 g/mol. The fourth-order valence-corrected chi connectivity index (χ4v) is 3.89. The first kappa shape index (κ1) is 20.7. The lowest BCUT2D eigenvalue weighted by Gasteiger charge is -2.17. The summed E-state index contributed by atoms with van der Waals surface area (Å²) in [5.41, 5.74) is 3.87. The zero-order chi connectivity index (χ0) is 21.8. The minimum atomic E-state index is -0.521. The number of fused-ring (bicyclic) bond motifs is 2. The molecule has 31 heavy (non-hydrogen) atoms. The highest BCUT2D eigenvalue weighted by atomic mass is 16.4. The summed E-state index contributed by atoms with van der Waals surface area (Å²) in [4.78, 5) is 26.4. The first-order valence-corrected chi connectivity index (χ1v) is 10.7. The molecule has 4 rings (SSSR count). The van der Waals surface area contributed by atoms with E-state index in [1.54, 1.807) is 18.2 Å². The average Bonchev–Trinajstić information content (AvgIpc) is 3.16. The molecule has 0 aliphatic carbocycles. The van der Waals surface area contributed by atoms with E-state index in [0.29, 0.717) is 29.1 Å². The molecule has 1 unspecified atom stereocenters. The molecule has 1 aromatic heterocycles. The number of anilines is 1. The maximum Gasteiger partial charge on any atom is 0.417 e. The zero-order valence-electron chi connectivity index (χ0n) is 17.8. The lowest BCUT2D eigenvalue weighted by Crippen LogP contribution is -2.30. The molecule has 6 nitrogen and oxygen atoms in total. The highest BCUT2D eigenvalue weighted by Gasteiger charge is 2.12. The molecular weight excluding hydrogens is 390 g/mol. The number of hydrogen-bond acceptors (Lipinski definition) is 4. The van der Waals surface area contributed by atoms with Crippen LogP contribution in [0.2, 0.25) is 0 Å². The number of aromatic nitrogens is 1. The lowest BCUT2D eigenvalue weighted by molar-refractivity contribution is 0.0946. The third-order valence-corrected chi connectivity index (χ3v) is 5.82. The predicted molar refractivity (Wildman–Crippen MR) is 125 cm³/mol. The van der Waals surface area contributed by atoms with Gasteiger partial charge in [0.05, 0.1) is 5.52 Å². The number of nitrogens with one attached hydrogen (secondary N) is 3. The van der Waals surface area contributed by atoms with Crippen molar-refractivity contribution in [2.24, 2.45) is 5.92 Å². The fourth-order valence-electron chi connectivity index (χ4n) is 3.89. The molecule has 0 bridgehead atoms. The van der Waals surface area contributed by atoms with E-state index in [-0.39, 0.29) is 5.91 Å². The number of amides is 1. The highest BCUT2D eigenvalue weighted by molar-refractivity contribution is 5.97. The number of rotatable bonds is 8. The predicted octanol–water partition coefficient (Wildman–Crippen LogP) is 4.84. The van der Waals surface area contributed by atoms with E-state index in [1.165, 1.54) is 16.3 Å². The van der Waals surface area contributed by atoms with Gasteiger partial charge in [0, 0.05) is 29.7 Å². The summed E-state index contributed by atoms with van der Waals surface area (Å²) in [6, 6.07) is 17.7. The Labute approximate surface area is 180 Å². The van der Waals surface area contributed by atoms with Crippen LogP contribution in [-0.2, 0) is 0 Å². The van der Waals surface area contributed by atoms with Crippen molar-refractivity contribution in [2.45, 2.75) is 26.7 Å². The molecule has 3 N–H and O–H groups in total. The zero-order valence-corrected chi connectivity index (χ0v) is 17.8. The van der Waals surface area contributed by atoms with E-state index >= 15 is 0 Å². The van der Waals surface area contributed by atoms with Gasteiger partial charge in [0.15, 0.2) is 5.58 Å². The van der Waals surface area contributed by atoms with Gasteiger partial charge >= 0.3 is 5.76 Å². The van der Waals surface area contributed by atoms with Crippen molar-refractivity contribution in [3.05, 3.63) is 76.3 Å². The van der Waals surface area contributed by atoms with Crippen LogP contribution >= 0.6 is 0 Å². The van der Waals surface area contributed by atoms with Gasteiger partial charge in [-0.05, 0) is 54.5 Å². The summed E-state index contributed by atoms with van der Waals surface area (Å²) < 4.78 is 5.04. The molecule has 1 amide bonds. The third kappa shape index (κ3) is 4.63. The Kier molecular flexibility index (Phi) is 6.07. The lowest BCUT2D eigenvalue weighted by atomic mass is 10.0. The molecule has 6 heteroatoms. The normalized spacial score (nSPS) is 12.2. The van der Waals surface area contributed by atoms with Crippen molar-refractivity contribution in [3.8, 4) is 0 Å². The van der Waals surface area contributed by atoms with Gasteiger partial charge in [-0.25, -0.2) is 4.79 Å². The Morgan fingerprint density at radius 2 is 1.90 bits per heavy atom. The summed E-state index contributed by atoms with van der Waals surface area (Å²) in [7, 11) is 0. The average molecular weight is 418 g/mol. The third-order valence-electron chi connectivity index (χ3n) is 5.82. The number of hydrogen-bond donors (Lipinski definition) is 3. The van der Waals surface area contributed by atoms with Gasteiger partial charge in [-0.15, -0.1) is 0 Å². The van der Waals surface area contributed by atoms with Crippen LogP contribution in [0.1, 0.15) is 35.7 Å². The van der Waals surface area contributed by atoms with Gasteiger partial charge in [-0.3, -0.25) is 9.78 Å². The Morgan fingerprint density at radius 1 is 1.10 bits per heavy atom. The molecule has 1 heterocycles. The molecule has 0 spiro atoms. The Balaban J connectivity index is 1.33. The van der Waals surface area contributed by atoms with Crippen molar-refractivity contribution in [2.75, 3.05) is 18.4 Å². The molecule has 1 atom stereocenters. The molecule has 0 saturated heterocycles. The topological polar surface area (TPSA) is 87.1 Å². The largest absolute Gasteiger partial charge is 0.417 e. The van der Waals surface area contributed by atoms with Crippen LogP contribution in [0.25, 0.3) is 21.9 Å². The van der Waals surface area contributed by atoms with Crippen LogP contribution in [0.5, 0.6) is 0 Å². The van der Waals surface area contributed by atoms with Gasteiger partial charge in [0.25, 0.3) is 5.91 Å². The van der Waals surface area contributed by atoms with Crippen LogP contribution in [-0.4, -0.2) is 24.0 Å². The van der Waals surface area contributed by atoms with Crippen LogP contribution in [0.3, 0.4) is 0 Å². The molecular formula is C25H27N3O3. The van der Waals surface area contributed by atoms with Crippen LogP contribution in [0, 0.1) is 12.8 Å². The van der Waals surface area contributed by atoms with Crippen LogP contribution < -0.4 is 16.4 Å². The van der Waals surface area contributed by atoms with Crippen molar-refractivity contribution < 1.29 is 9.21 Å². The summed E-state index contributed by atoms with van der Waals surface area (Å²) in [5.74, 6) is -0.323. The van der Waals surface area contributed by atoms with Crippen LogP contribution in [0.15, 0.2) is 63.8 Å². The van der Waals surface area contributed by atoms with E-state index in [0.717, 1.165) is 25.1 Å². The van der Waals surface area contributed by atoms with Crippen molar-refractivity contribution in [1.29, 1.82) is 0 Å².